The molecule has 1 saturated carbocycles. The number of rotatable bonds is 2. The molecule has 1 fully saturated rings. The molecule has 0 aromatic carbocycles. The molecule has 0 spiro atoms. The molecular weight excluding hydrogens is 267 g/mol. The van der Waals surface area contributed by atoms with Crippen LogP contribution in [0.15, 0.2) is 0 Å². The number of nitrogens with zero attached hydrogens (tertiary/aromatic N) is 2. The number of hydrogen-bond donors (Lipinski definition) is 1. The van der Waals surface area contributed by atoms with Crippen molar-refractivity contribution in [2.45, 2.75) is 43.8 Å². The Kier molecular flexibility index (Phi) is 2.76. The SMILES string of the molecule is Cn1nc(C(F)(F)F)c(C2(C(C)(C)N)CC2)c1Cl. The van der Waals surface area contributed by atoms with Gasteiger partial charge in [0.25, 0.3) is 0 Å². The van der Waals surface area contributed by atoms with Crippen LogP contribution in [0, 0.1) is 0 Å². The van der Waals surface area contributed by atoms with E-state index >= 15 is 0 Å². The molecule has 2 N–H and O–H groups in total. The molecule has 0 radical (unpaired) electrons. The number of alkyl halides is 3. The molecular formula is C11H15ClF3N3. The third kappa shape index (κ3) is 1.82. The van der Waals surface area contributed by atoms with Gasteiger partial charge in [-0.1, -0.05) is 11.6 Å². The summed E-state index contributed by atoms with van der Waals surface area (Å²) in [7, 11) is 1.40. The molecule has 1 heterocycles. The summed E-state index contributed by atoms with van der Waals surface area (Å²) < 4.78 is 40.1. The molecule has 2 rings (SSSR count). The van der Waals surface area contributed by atoms with E-state index in [1.165, 1.54) is 7.05 Å². The predicted octanol–water partition coefficient (Wildman–Crippen LogP) is 2.86. The monoisotopic (exact) mass is 281 g/mol. The molecule has 18 heavy (non-hydrogen) atoms. The fraction of sp³-hybridized carbons (Fsp3) is 0.727. The summed E-state index contributed by atoms with van der Waals surface area (Å²) in [5, 5.41) is 3.53. The third-order valence-electron chi connectivity index (χ3n) is 3.71. The molecule has 0 bridgehead atoms. The Hall–Kier alpha value is -0.750. The zero-order valence-corrected chi connectivity index (χ0v) is 11.2. The van der Waals surface area contributed by atoms with Gasteiger partial charge in [0.15, 0.2) is 5.69 Å². The topological polar surface area (TPSA) is 43.8 Å². The molecule has 0 unspecified atom stereocenters. The maximum absolute atomic E-state index is 13.0. The number of aromatic nitrogens is 2. The van der Waals surface area contributed by atoms with E-state index < -0.39 is 22.8 Å². The van der Waals surface area contributed by atoms with Crippen molar-refractivity contribution in [1.29, 1.82) is 0 Å². The number of halogens is 4. The number of aryl methyl sites for hydroxylation is 1. The van der Waals surface area contributed by atoms with Crippen molar-refractivity contribution >= 4 is 11.6 Å². The highest BCUT2D eigenvalue weighted by Crippen LogP contribution is 2.58. The molecule has 3 nitrogen and oxygen atoms in total. The van der Waals surface area contributed by atoms with Crippen LogP contribution >= 0.6 is 11.6 Å². The Balaban J connectivity index is 2.65. The highest BCUT2D eigenvalue weighted by molar-refractivity contribution is 6.30. The molecule has 7 heteroatoms. The van der Waals surface area contributed by atoms with Crippen LogP contribution in [-0.4, -0.2) is 15.3 Å². The van der Waals surface area contributed by atoms with Crippen LogP contribution < -0.4 is 5.73 Å². The second-order valence-corrected chi connectivity index (χ2v) is 5.80. The van der Waals surface area contributed by atoms with Crippen LogP contribution in [0.1, 0.15) is 37.9 Å². The molecule has 1 aliphatic rings. The van der Waals surface area contributed by atoms with Gasteiger partial charge in [0.05, 0.1) is 0 Å². The highest BCUT2D eigenvalue weighted by atomic mass is 35.5. The summed E-state index contributed by atoms with van der Waals surface area (Å²) >= 11 is 6.00. The van der Waals surface area contributed by atoms with Gasteiger partial charge in [-0.2, -0.15) is 18.3 Å². The average molecular weight is 282 g/mol. The summed E-state index contributed by atoms with van der Waals surface area (Å²) in [4.78, 5) is 0. The summed E-state index contributed by atoms with van der Waals surface area (Å²) in [6.07, 6.45) is -3.31. The van der Waals surface area contributed by atoms with E-state index in [0.717, 1.165) is 4.68 Å². The third-order valence-corrected chi connectivity index (χ3v) is 4.14. The molecule has 102 valence electrons. The van der Waals surface area contributed by atoms with Crippen molar-refractivity contribution in [2.75, 3.05) is 0 Å². The molecule has 0 amide bonds. The normalized spacial score (nSPS) is 19.1. The first-order chi connectivity index (χ1) is 8.01. The largest absolute Gasteiger partial charge is 0.435 e. The predicted molar refractivity (Wildman–Crippen MR) is 62.4 cm³/mol. The molecule has 0 saturated heterocycles. The fourth-order valence-electron chi connectivity index (χ4n) is 2.47. The van der Waals surface area contributed by atoms with Crippen LogP contribution in [0.3, 0.4) is 0 Å². The minimum absolute atomic E-state index is 0.0263. The lowest BCUT2D eigenvalue weighted by atomic mass is 9.79. The maximum atomic E-state index is 13.0. The van der Waals surface area contributed by atoms with Crippen molar-refractivity contribution in [3.63, 3.8) is 0 Å². The van der Waals surface area contributed by atoms with E-state index in [4.69, 9.17) is 17.3 Å². The lowest BCUT2D eigenvalue weighted by Crippen LogP contribution is -2.46. The van der Waals surface area contributed by atoms with Gasteiger partial charge in [0.2, 0.25) is 0 Å². The van der Waals surface area contributed by atoms with Crippen LogP contribution in [0.2, 0.25) is 5.15 Å². The van der Waals surface area contributed by atoms with Crippen molar-refractivity contribution < 1.29 is 13.2 Å². The summed E-state index contributed by atoms with van der Waals surface area (Å²) in [5.74, 6) is 0. The first-order valence-corrected chi connectivity index (χ1v) is 5.97. The molecule has 1 aliphatic carbocycles. The maximum Gasteiger partial charge on any atom is 0.435 e. The van der Waals surface area contributed by atoms with E-state index in [2.05, 4.69) is 5.10 Å². The Labute approximate surface area is 108 Å². The first-order valence-electron chi connectivity index (χ1n) is 5.60. The molecule has 1 aromatic heterocycles. The molecule has 0 atom stereocenters. The standard InChI is InChI=1S/C11H15ClF3N3/c1-9(2,16)10(4-5-10)6-7(11(13,14)15)17-18(3)8(6)12/h4-5,16H2,1-3H3. The van der Waals surface area contributed by atoms with Crippen LogP contribution in [-0.2, 0) is 18.6 Å². The van der Waals surface area contributed by atoms with E-state index in [-0.39, 0.29) is 10.7 Å². The van der Waals surface area contributed by atoms with Crippen molar-refractivity contribution in [2.24, 2.45) is 12.8 Å². The molecule has 1 aromatic rings. The van der Waals surface area contributed by atoms with Crippen LogP contribution in [0.4, 0.5) is 13.2 Å². The van der Waals surface area contributed by atoms with Crippen molar-refractivity contribution in [3.8, 4) is 0 Å². The number of hydrogen-bond acceptors (Lipinski definition) is 2. The zero-order valence-electron chi connectivity index (χ0n) is 10.4. The van der Waals surface area contributed by atoms with Crippen LogP contribution in [0.25, 0.3) is 0 Å². The summed E-state index contributed by atoms with van der Waals surface area (Å²) in [5.41, 5.74) is 3.69. The minimum atomic E-state index is -4.51. The van der Waals surface area contributed by atoms with E-state index in [1.54, 1.807) is 13.8 Å². The first kappa shape index (κ1) is 13.7. The Morgan fingerprint density at radius 1 is 1.33 bits per heavy atom. The Bertz CT molecular complexity index is 481. The van der Waals surface area contributed by atoms with Crippen molar-refractivity contribution in [3.05, 3.63) is 16.4 Å². The van der Waals surface area contributed by atoms with Crippen LogP contribution in [0.5, 0.6) is 0 Å². The highest BCUT2D eigenvalue weighted by Gasteiger charge is 2.59. The van der Waals surface area contributed by atoms with Gasteiger partial charge in [-0.25, -0.2) is 0 Å². The lowest BCUT2D eigenvalue weighted by molar-refractivity contribution is -0.142. The van der Waals surface area contributed by atoms with E-state index in [1.807, 2.05) is 0 Å². The van der Waals surface area contributed by atoms with Gasteiger partial charge in [-0.05, 0) is 26.7 Å². The van der Waals surface area contributed by atoms with E-state index in [9.17, 15) is 13.2 Å². The van der Waals surface area contributed by atoms with Gasteiger partial charge >= 0.3 is 6.18 Å². The molecule has 0 aliphatic heterocycles. The van der Waals surface area contributed by atoms with Gasteiger partial charge in [0, 0.05) is 23.6 Å². The average Bonchev–Trinajstić information content (AvgIpc) is 2.90. The zero-order chi connectivity index (χ0) is 13.9. The minimum Gasteiger partial charge on any atom is -0.325 e. The lowest BCUT2D eigenvalue weighted by Gasteiger charge is -2.31. The number of nitrogens with two attached hydrogens (primary N) is 1. The summed E-state index contributed by atoms with van der Waals surface area (Å²) in [6.45, 7) is 3.45. The van der Waals surface area contributed by atoms with Gasteiger partial charge in [-0.3, -0.25) is 4.68 Å². The fourth-order valence-corrected chi connectivity index (χ4v) is 2.78. The Morgan fingerprint density at radius 2 is 1.83 bits per heavy atom. The van der Waals surface area contributed by atoms with Crippen molar-refractivity contribution in [1.82, 2.24) is 9.78 Å². The van der Waals surface area contributed by atoms with Gasteiger partial charge in [-0.15, -0.1) is 0 Å². The summed E-state index contributed by atoms with van der Waals surface area (Å²) in [6, 6.07) is 0. The second-order valence-electron chi connectivity index (χ2n) is 5.44. The second kappa shape index (κ2) is 3.63. The quantitative estimate of drug-likeness (QED) is 0.906. The smallest absolute Gasteiger partial charge is 0.325 e. The Morgan fingerprint density at radius 3 is 2.17 bits per heavy atom. The van der Waals surface area contributed by atoms with Gasteiger partial charge in [0.1, 0.15) is 5.15 Å². The van der Waals surface area contributed by atoms with E-state index in [0.29, 0.717) is 12.8 Å². The van der Waals surface area contributed by atoms with Gasteiger partial charge < -0.3 is 5.73 Å².